The molecule has 0 amide bonds. The molecule has 1 aromatic heterocycles. The van der Waals surface area contributed by atoms with Crippen LogP contribution in [0.15, 0.2) is 24.3 Å². The number of carboxylic acids is 1. The summed E-state index contributed by atoms with van der Waals surface area (Å²) in [6, 6.07) is 7.47. The Morgan fingerprint density at radius 1 is 1.29 bits per heavy atom. The fourth-order valence-electron chi connectivity index (χ4n) is 2.86. The number of rotatable bonds is 5. The van der Waals surface area contributed by atoms with Gasteiger partial charge in [0.15, 0.2) is 0 Å². The zero-order chi connectivity index (χ0) is 17.5. The maximum Gasteiger partial charge on any atom is 0.328 e. The number of benzene rings is 1. The molecular formula is C17H23N5O2. The molecule has 3 N–H and O–H groups in total. The number of hydrogen-bond acceptors (Lipinski definition) is 5. The van der Waals surface area contributed by atoms with Gasteiger partial charge in [-0.25, -0.2) is 4.79 Å². The third-order valence-electron chi connectivity index (χ3n) is 4.15. The van der Waals surface area contributed by atoms with E-state index < -0.39 is 11.5 Å². The molecule has 0 unspecified atom stereocenters. The van der Waals surface area contributed by atoms with Crippen LogP contribution in [0.4, 0.5) is 0 Å². The van der Waals surface area contributed by atoms with Gasteiger partial charge in [0.25, 0.3) is 0 Å². The second-order valence-corrected chi connectivity index (χ2v) is 7.76. The maximum absolute atomic E-state index is 11.8. The number of tetrazole rings is 1. The molecule has 2 aromatic rings. The van der Waals surface area contributed by atoms with Gasteiger partial charge in [-0.15, -0.1) is 10.2 Å². The van der Waals surface area contributed by atoms with Crippen molar-refractivity contribution < 1.29 is 9.90 Å². The molecule has 1 atom stereocenters. The van der Waals surface area contributed by atoms with E-state index in [0.29, 0.717) is 23.9 Å². The van der Waals surface area contributed by atoms with E-state index in [9.17, 15) is 9.90 Å². The molecular weight excluding hydrogens is 306 g/mol. The highest BCUT2D eigenvalue weighted by Gasteiger charge is 2.39. The van der Waals surface area contributed by atoms with Gasteiger partial charge in [0.05, 0.1) is 6.04 Å². The molecule has 7 nitrogen and oxygen atoms in total. The van der Waals surface area contributed by atoms with Crippen LogP contribution in [0.5, 0.6) is 0 Å². The maximum atomic E-state index is 11.8. The molecule has 0 saturated heterocycles. The lowest BCUT2D eigenvalue weighted by molar-refractivity contribution is -0.145. The third-order valence-corrected chi connectivity index (χ3v) is 4.15. The zero-order valence-electron chi connectivity index (χ0n) is 14.2. The molecule has 0 spiro atoms. The van der Waals surface area contributed by atoms with E-state index in [4.69, 9.17) is 5.73 Å². The summed E-state index contributed by atoms with van der Waals surface area (Å²) in [6.07, 6.45) is 2.52. The van der Waals surface area contributed by atoms with Crippen LogP contribution in [-0.2, 0) is 10.3 Å². The second-order valence-electron chi connectivity index (χ2n) is 7.76. The molecule has 1 aliphatic carbocycles. The average molecular weight is 329 g/mol. The van der Waals surface area contributed by atoms with E-state index in [2.05, 4.69) is 15.4 Å². The van der Waals surface area contributed by atoms with Crippen molar-refractivity contribution in [3.8, 4) is 11.4 Å². The van der Waals surface area contributed by atoms with Crippen molar-refractivity contribution in [1.82, 2.24) is 20.2 Å². The Morgan fingerprint density at radius 2 is 1.92 bits per heavy atom. The van der Waals surface area contributed by atoms with E-state index in [1.807, 2.05) is 20.8 Å². The van der Waals surface area contributed by atoms with Gasteiger partial charge in [0, 0.05) is 5.56 Å². The lowest BCUT2D eigenvalue weighted by Gasteiger charge is -2.32. The van der Waals surface area contributed by atoms with Crippen molar-refractivity contribution >= 4 is 5.97 Å². The summed E-state index contributed by atoms with van der Waals surface area (Å²) in [4.78, 5) is 13.4. The fourth-order valence-corrected chi connectivity index (χ4v) is 2.86. The molecule has 1 saturated carbocycles. The summed E-state index contributed by atoms with van der Waals surface area (Å²) < 4.78 is 0. The van der Waals surface area contributed by atoms with Crippen LogP contribution in [0.1, 0.15) is 51.6 Å². The van der Waals surface area contributed by atoms with Crippen LogP contribution < -0.4 is 5.73 Å². The molecule has 128 valence electrons. The van der Waals surface area contributed by atoms with Crippen molar-refractivity contribution in [3.63, 3.8) is 0 Å². The smallest absolute Gasteiger partial charge is 0.328 e. The summed E-state index contributed by atoms with van der Waals surface area (Å²) in [7, 11) is 0. The number of aromatic nitrogens is 4. The Hall–Kier alpha value is -2.28. The molecule has 0 radical (unpaired) electrons. The van der Waals surface area contributed by atoms with E-state index >= 15 is 0 Å². The van der Waals surface area contributed by atoms with Gasteiger partial charge in [0.2, 0.25) is 5.82 Å². The summed E-state index contributed by atoms with van der Waals surface area (Å²) in [5.41, 5.74) is 5.99. The van der Waals surface area contributed by atoms with Gasteiger partial charge in [-0.05, 0) is 35.5 Å². The minimum absolute atomic E-state index is 0.208. The Kier molecular flexibility index (Phi) is 3.91. The van der Waals surface area contributed by atoms with Crippen LogP contribution in [0, 0.1) is 5.41 Å². The van der Waals surface area contributed by atoms with Crippen molar-refractivity contribution in [2.75, 3.05) is 0 Å². The first kappa shape index (κ1) is 16.6. The Balaban J connectivity index is 1.87. The molecule has 1 aliphatic rings. The van der Waals surface area contributed by atoms with E-state index in [1.54, 1.807) is 29.1 Å². The summed E-state index contributed by atoms with van der Waals surface area (Å²) in [6.45, 7) is 5.93. The average Bonchev–Trinajstić information content (AvgIpc) is 3.23. The molecule has 7 heteroatoms. The molecule has 0 aliphatic heterocycles. The highest BCUT2D eigenvalue weighted by atomic mass is 16.4. The van der Waals surface area contributed by atoms with Crippen molar-refractivity contribution in [1.29, 1.82) is 0 Å². The minimum atomic E-state index is -1.42. The molecule has 24 heavy (non-hydrogen) atoms. The third kappa shape index (κ3) is 3.31. The summed E-state index contributed by atoms with van der Waals surface area (Å²) in [5.74, 6) is -0.481. The highest BCUT2D eigenvalue weighted by molar-refractivity contribution is 5.80. The monoisotopic (exact) mass is 329 g/mol. The normalized spacial score (nSPS) is 17.5. The number of nitrogens with two attached hydrogens (primary N) is 1. The first-order valence-electron chi connectivity index (χ1n) is 8.12. The minimum Gasteiger partial charge on any atom is -0.480 e. The molecule has 1 heterocycles. The van der Waals surface area contributed by atoms with Gasteiger partial charge in [-0.1, -0.05) is 45.0 Å². The Labute approximate surface area is 140 Å². The second kappa shape index (κ2) is 5.66. The van der Waals surface area contributed by atoms with Crippen molar-refractivity contribution in [3.05, 3.63) is 29.8 Å². The first-order valence-corrected chi connectivity index (χ1v) is 8.12. The quantitative estimate of drug-likeness (QED) is 0.872. The lowest BCUT2D eigenvalue weighted by atomic mass is 9.76. The van der Waals surface area contributed by atoms with Crippen LogP contribution in [0.2, 0.25) is 0 Å². The summed E-state index contributed by atoms with van der Waals surface area (Å²) in [5, 5.41) is 22.1. The lowest BCUT2D eigenvalue weighted by Crippen LogP contribution is -2.47. The van der Waals surface area contributed by atoms with E-state index in [-0.39, 0.29) is 5.41 Å². The van der Waals surface area contributed by atoms with E-state index in [1.165, 1.54) is 0 Å². The predicted molar refractivity (Wildman–Crippen MR) is 89.1 cm³/mol. The van der Waals surface area contributed by atoms with Crippen LogP contribution in [-0.4, -0.2) is 31.3 Å². The first-order chi connectivity index (χ1) is 11.2. The molecule has 3 rings (SSSR count). The Bertz CT molecular complexity index is 743. The number of carboxylic acid groups (broad SMARTS) is 1. The van der Waals surface area contributed by atoms with Crippen LogP contribution in [0.25, 0.3) is 11.4 Å². The largest absolute Gasteiger partial charge is 0.480 e. The molecule has 1 aromatic carbocycles. The standard InChI is InChI=1S/C17H23N5O2/c1-16(2,3)10-17(18,15(23)24)12-6-4-11(5-7-12)14-19-21-22(20-14)13-8-9-13/h4-7,13H,8-10,18H2,1-3H3,(H,23,24)/t17-/m1/s1. The topological polar surface area (TPSA) is 107 Å². The van der Waals surface area contributed by atoms with Crippen molar-refractivity contribution in [2.24, 2.45) is 11.1 Å². The Morgan fingerprint density at radius 3 is 2.42 bits per heavy atom. The van der Waals surface area contributed by atoms with Crippen LogP contribution in [0.3, 0.4) is 0 Å². The molecule has 1 fully saturated rings. The fraction of sp³-hybridized carbons (Fsp3) is 0.529. The van der Waals surface area contributed by atoms with Crippen molar-refractivity contribution in [2.45, 2.75) is 51.6 Å². The SMILES string of the molecule is CC(C)(C)C[C@](N)(C(=O)O)c1ccc(-c2nnn(C3CC3)n2)cc1. The molecule has 0 bridgehead atoms. The zero-order valence-corrected chi connectivity index (χ0v) is 14.2. The van der Waals surface area contributed by atoms with Gasteiger partial charge in [-0.2, -0.15) is 4.80 Å². The van der Waals surface area contributed by atoms with Gasteiger partial charge < -0.3 is 10.8 Å². The summed E-state index contributed by atoms with van der Waals surface area (Å²) >= 11 is 0. The number of hydrogen-bond donors (Lipinski definition) is 2. The van der Waals surface area contributed by atoms with Gasteiger partial charge in [0.1, 0.15) is 5.54 Å². The van der Waals surface area contributed by atoms with Gasteiger partial charge in [-0.3, -0.25) is 0 Å². The number of aliphatic carboxylic acids is 1. The van der Waals surface area contributed by atoms with E-state index in [0.717, 1.165) is 18.4 Å². The number of carbonyl (C=O) groups is 1. The highest BCUT2D eigenvalue weighted by Crippen LogP contribution is 2.35. The van der Waals surface area contributed by atoms with Crippen LogP contribution >= 0.6 is 0 Å². The van der Waals surface area contributed by atoms with Gasteiger partial charge >= 0.3 is 5.97 Å². The number of nitrogens with zero attached hydrogens (tertiary/aromatic N) is 4. The predicted octanol–water partition coefficient (Wildman–Crippen LogP) is 2.35.